The Morgan fingerprint density at radius 2 is 2.38 bits per heavy atom. The average Bonchev–Trinajstić information content (AvgIpc) is 2.60. The molecule has 1 aliphatic carbocycles. The molecule has 1 aliphatic rings. The second-order valence-corrected chi connectivity index (χ2v) is 5.78. The fourth-order valence-electron chi connectivity index (χ4n) is 2.70. The first-order valence-electron chi connectivity index (χ1n) is 6.27. The largest absolute Gasteiger partial charge is 0.308 e. The van der Waals surface area contributed by atoms with Crippen LogP contribution in [0.4, 0.5) is 0 Å². The third kappa shape index (κ3) is 2.85. The van der Waals surface area contributed by atoms with Crippen molar-refractivity contribution < 1.29 is 0 Å². The molecule has 3 heteroatoms. The summed E-state index contributed by atoms with van der Waals surface area (Å²) in [5.74, 6) is 0. The van der Waals surface area contributed by atoms with Crippen LogP contribution in [0, 0.1) is 5.41 Å². The number of hydrogen-bond donors (Lipinski definition) is 1. The minimum Gasteiger partial charge on any atom is -0.308 e. The molecule has 1 heterocycles. The van der Waals surface area contributed by atoms with E-state index in [-0.39, 0.29) is 0 Å². The van der Waals surface area contributed by atoms with Gasteiger partial charge in [-0.25, -0.2) is 0 Å². The van der Waals surface area contributed by atoms with Crippen molar-refractivity contribution in [3.63, 3.8) is 0 Å². The van der Waals surface area contributed by atoms with E-state index in [4.69, 9.17) is 0 Å². The quantitative estimate of drug-likeness (QED) is 0.850. The van der Waals surface area contributed by atoms with Gasteiger partial charge in [-0.3, -0.25) is 4.68 Å². The molecule has 0 radical (unpaired) electrons. The molecule has 1 saturated carbocycles. The molecule has 1 N–H and O–H groups in total. The number of hydrogen-bond acceptors (Lipinski definition) is 2. The molecule has 0 spiro atoms. The minimum atomic E-state index is 0.516. The summed E-state index contributed by atoms with van der Waals surface area (Å²) in [6.07, 6.45) is 7.21. The molecule has 1 aromatic rings. The van der Waals surface area contributed by atoms with Crippen LogP contribution in [-0.4, -0.2) is 15.8 Å². The molecule has 2 rings (SSSR count). The van der Waals surface area contributed by atoms with Crippen molar-refractivity contribution in [3.05, 3.63) is 18.0 Å². The molecule has 0 aliphatic heterocycles. The maximum absolute atomic E-state index is 4.19. The van der Waals surface area contributed by atoms with E-state index >= 15 is 0 Å². The van der Waals surface area contributed by atoms with Crippen LogP contribution in [0.3, 0.4) is 0 Å². The van der Waals surface area contributed by atoms with Gasteiger partial charge in [0.05, 0.1) is 5.69 Å². The zero-order chi connectivity index (χ0) is 11.6. The first kappa shape index (κ1) is 11.6. The first-order chi connectivity index (χ1) is 7.57. The molecule has 16 heavy (non-hydrogen) atoms. The van der Waals surface area contributed by atoms with Crippen LogP contribution in [0.1, 0.15) is 45.2 Å². The van der Waals surface area contributed by atoms with Crippen LogP contribution in [0.15, 0.2) is 12.3 Å². The Balaban J connectivity index is 1.84. The Labute approximate surface area is 98.2 Å². The Morgan fingerprint density at radius 1 is 1.56 bits per heavy atom. The molecule has 0 saturated heterocycles. The van der Waals surface area contributed by atoms with Gasteiger partial charge in [-0.1, -0.05) is 20.3 Å². The second-order valence-electron chi connectivity index (χ2n) is 5.78. The topological polar surface area (TPSA) is 29.9 Å². The summed E-state index contributed by atoms with van der Waals surface area (Å²) in [5, 5.41) is 7.85. The summed E-state index contributed by atoms with van der Waals surface area (Å²) in [5.41, 5.74) is 1.78. The van der Waals surface area contributed by atoms with E-state index in [2.05, 4.69) is 30.3 Å². The zero-order valence-corrected chi connectivity index (χ0v) is 10.7. The van der Waals surface area contributed by atoms with Gasteiger partial charge < -0.3 is 5.32 Å². The van der Waals surface area contributed by atoms with E-state index < -0.39 is 0 Å². The van der Waals surface area contributed by atoms with Gasteiger partial charge in [0.1, 0.15) is 0 Å². The molecule has 1 aromatic heterocycles. The predicted molar refractivity (Wildman–Crippen MR) is 66.1 cm³/mol. The number of nitrogens with zero attached hydrogens (tertiary/aromatic N) is 2. The lowest BCUT2D eigenvalue weighted by Gasteiger charge is -2.35. The SMILES string of the molecule is Cn1nccc1CNC1CCCC(C)(C)C1. The fraction of sp³-hybridized carbons (Fsp3) is 0.769. The Kier molecular flexibility index (Phi) is 3.33. The lowest BCUT2D eigenvalue weighted by molar-refractivity contribution is 0.197. The standard InChI is InChI=1S/C13H23N3/c1-13(2)7-4-5-11(9-13)14-10-12-6-8-15-16(12)3/h6,8,11,14H,4-5,7,9-10H2,1-3H3. The number of rotatable bonds is 3. The van der Waals surface area contributed by atoms with E-state index in [1.165, 1.54) is 31.4 Å². The maximum Gasteiger partial charge on any atom is 0.0518 e. The van der Waals surface area contributed by atoms with Crippen LogP contribution in [-0.2, 0) is 13.6 Å². The number of aromatic nitrogens is 2. The highest BCUT2D eigenvalue weighted by Gasteiger charge is 2.27. The summed E-state index contributed by atoms with van der Waals surface area (Å²) in [4.78, 5) is 0. The van der Waals surface area contributed by atoms with Gasteiger partial charge in [0.15, 0.2) is 0 Å². The highest BCUT2D eigenvalue weighted by molar-refractivity contribution is 5.00. The second kappa shape index (κ2) is 4.58. The van der Waals surface area contributed by atoms with E-state index in [1.807, 2.05) is 17.9 Å². The highest BCUT2D eigenvalue weighted by atomic mass is 15.3. The molecule has 0 aromatic carbocycles. The van der Waals surface area contributed by atoms with Crippen LogP contribution in [0.25, 0.3) is 0 Å². The van der Waals surface area contributed by atoms with Crippen molar-refractivity contribution in [2.45, 2.75) is 52.1 Å². The van der Waals surface area contributed by atoms with E-state index in [9.17, 15) is 0 Å². The molecular formula is C13H23N3. The summed E-state index contributed by atoms with van der Waals surface area (Å²) in [7, 11) is 2.00. The number of nitrogens with one attached hydrogen (secondary N) is 1. The summed E-state index contributed by atoms with van der Waals surface area (Å²) >= 11 is 0. The number of aryl methyl sites for hydroxylation is 1. The van der Waals surface area contributed by atoms with Crippen molar-refractivity contribution in [2.75, 3.05) is 0 Å². The van der Waals surface area contributed by atoms with Crippen LogP contribution in [0.5, 0.6) is 0 Å². The van der Waals surface area contributed by atoms with Gasteiger partial charge in [-0.05, 0) is 30.7 Å². The van der Waals surface area contributed by atoms with Crippen LogP contribution >= 0.6 is 0 Å². The highest BCUT2D eigenvalue weighted by Crippen LogP contribution is 2.35. The van der Waals surface area contributed by atoms with Crippen molar-refractivity contribution in [2.24, 2.45) is 12.5 Å². The van der Waals surface area contributed by atoms with E-state index in [1.54, 1.807) is 0 Å². The molecule has 0 amide bonds. The first-order valence-corrected chi connectivity index (χ1v) is 6.27. The molecule has 1 unspecified atom stereocenters. The van der Waals surface area contributed by atoms with Crippen LogP contribution < -0.4 is 5.32 Å². The Morgan fingerprint density at radius 3 is 3.00 bits per heavy atom. The Bertz CT molecular complexity index is 341. The van der Waals surface area contributed by atoms with E-state index in [0.29, 0.717) is 11.5 Å². The molecular weight excluding hydrogens is 198 g/mol. The normalized spacial score (nSPS) is 24.6. The zero-order valence-electron chi connectivity index (χ0n) is 10.7. The summed E-state index contributed by atoms with van der Waals surface area (Å²) in [6, 6.07) is 2.76. The van der Waals surface area contributed by atoms with Gasteiger partial charge in [0.25, 0.3) is 0 Å². The van der Waals surface area contributed by atoms with Crippen molar-refractivity contribution in [1.29, 1.82) is 0 Å². The molecule has 1 fully saturated rings. The smallest absolute Gasteiger partial charge is 0.0518 e. The monoisotopic (exact) mass is 221 g/mol. The maximum atomic E-state index is 4.19. The molecule has 1 atom stereocenters. The Hall–Kier alpha value is -0.830. The van der Waals surface area contributed by atoms with E-state index in [0.717, 1.165) is 6.54 Å². The molecule has 90 valence electrons. The van der Waals surface area contributed by atoms with Crippen molar-refractivity contribution >= 4 is 0 Å². The summed E-state index contributed by atoms with van der Waals surface area (Å²) in [6.45, 7) is 5.70. The van der Waals surface area contributed by atoms with Crippen molar-refractivity contribution in [3.8, 4) is 0 Å². The van der Waals surface area contributed by atoms with Gasteiger partial charge in [-0.2, -0.15) is 5.10 Å². The van der Waals surface area contributed by atoms with Gasteiger partial charge in [-0.15, -0.1) is 0 Å². The van der Waals surface area contributed by atoms with Crippen molar-refractivity contribution in [1.82, 2.24) is 15.1 Å². The fourth-order valence-corrected chi connectivity index (χ4v) is 2.70. The predicted octanol–water partition coefficient (Wildman–Crippen LogP) is 2.48. The summed E-state index contributed by atoms with van der Waals surface area (Å²) < 4.78 is 1.95. The lowest BCUT2D eigenvalue weighted by Crippen LogP contribution is -2.37. The third-order valence-electron chi connectivity index (χ3n) is 3.70. The van der Waals surface area contributed by atoms with Gasteiger partial charge >= 0.3 is 0 Å². The third-order valence-corrected chi connectivity index (χ3v) is 3.70. The lowest BCUT2D eigenvalue weighted by atomic mass is 9.75. The van der Waals surface area contributed by atoms with Gasteiger partial charge in [0.2, 0.25) is 0 Å². The average molecular weight is 221 g/mol. The van der Waals surface area contributed by atoms with Crippen LogP contribution in [0.2, 0.25) is 0 Å². The minimum absolute atomic E-state index is 0.516. The molecule has 0 bridgehead atoms. The molecule has 3 nitrogen and oxygen atoms in total. The van der Waals surface area contributed by atoms with Gasteiger partial charge in [0, 0.05) is 25.8 Å².